The van der Waals surface area contributed by atoms with Crippen molar-refractivity contribution in [2.24, 2.45) is 0 Å². The van der Waals surface area contributed by atoms with Gasteiger partial charge in [0, 0.05) is 30.3 Å². The molecule has 10 nitrogen and oxygen atoms in total. The minimum Gasteiger partial charge on any atom is -0.339 e. The highest BCUT2D eigenvalue weighted by atomic mass is 17.3. The monoisotopic (exact) mass is 398 g/mol. The molecular formula is C17H44N5O5+3. The number of hydrogen-bond donors (Lipinski definition) is 1. The lowest BCUT2D eigenvalue weighted by Gasteiger charge is -2.37. The van der Waals surface area contributed by atoms with E-state index in [0.29, 0.717) is 26.2 Å². The number of quaternary nitrogens is 3. The average Bonchev–Trinajstić information content (AvgIpc) is 2.61. The summed E-state index contributed by atoms with van der Waals surface area (Å²) >= 11 is 0. The Balaban J connectivity index is 5.29. The van der Waals surface area contributed by atoms with Gasteiger partial charge in [-0.05, 0) is 33.7 Å². The summed E-state index contributed by atoms with van der Waals surface area (Å²) in [6.07, 6.45) is 0.391. The number of rotatable bonds is 16. The SMILES string of the molecule is CCCN(C)O[N+](C)(CC)O[N+](C)(CC)O[N+](C)(CC)OC(NCC)OC. The lowest BCUT2D eigenvalue weighted by molar-refractivity contribution is -1.54. The summed E-state index contributed by atoms with van der Waals surface area (Å²) < 4.78 is 5.33. The molecule has 164 valence electrons. The summed E-state index contributed by atoms with van der Waals surface area (Å²) in [4.78, 5) is 24.0. The Morgan fingerprint density at radius 2 is 1.37 bits per heavy atom. The zero-order valence-electron chi connectivity index (χ0n) is 19.2. The zero-order chi connectivity index (χ0) is 21.1. The highest BCUT2D eigenvalue weighted by Crippen LogP contribution is 2.22. The van der Waals surface area contributed by atoms with Crippen LogP contribution in [0, 0.1) is 0 Å². The molecule has 0 radical (unpaired) electrons. The predicted octanol–water partition coefficient (Wildman–Crippen LogP) is 1.74. The molecule has 0 heterocycles. The van der Waals surface area contributed by atoms with Gasteiger partial charge in [-0.1, -0.05) is 18.8 Å². The molecule has 10 heteroatoms. The Kier molecular flexibility index (Phi) is 12.0. The second-order valence-electron chi connectivity index (χ2n) is 6.82. The molecule has 0 saturated heterocycles. The summed E-state index contributed by atoms with van der Waals surface area (Å²) in [5, 5.41) is 4.88. The number of hydroxylamine groups is 14. The van der Waals surface area contributed by atoms with Crippen molar-refractivity contribution in [3.8, 4) is 0 Å². The van der Waals surface area contributed by atoms with Gasteiger partial charge in [-0.3, -0.25) is 5.32 Å². The largest absolute Gasteiger partial charge is 0.339 e. The Morgan fingerprint density at radius 3 is 1.78 bits per heavy atom. The molecule has 0 fully saturated rings. The second-order valence-corrected chi connectivity index (χ2v) is 6.82. The fourth-order valence-electron chi connectivity index (χ4n) is 2.33. The highest BCUT2D eigenvalue weighted by Gasteiger charge is 2.49. The predicted molar refractivity (Wildman–Crippen MR) is 102 cm³/mol. The molecule has 27 heavy (non-hydrogen) atoms. The number of ether oxygens (including phenoxy) is 1. The average molecular weight is 399 g/mol. The highest BCUT2D eigenvalue weighted by molar-refractivity contribution is 4.33. The van der Waals surface area contributed by atoms with Gasteiger partial charge in [-0.15, -0.1) is 9.90 Å². The van der Waals surface area contributed by atoms with E-state index in [0.717, 1.165) is 13.0 Å². The van der Waals surface area contributed by atoms with Crippen molar-refractivity contribution in [3.63, 3.8) is 0 Å². The first-order valence-electron chi connectivity index (χ1n) is 9.89. The van der Waals surface area contributed by atoms with E-state index in [2.05, 4.69) is 12.2 Å². The number of hydrogen-bond acceptors (Lipinski definition) is 7. The first-order chi connectivity index (χ1) is 12.5. The van der Waals surface area contributed by atoms with Crippen LogP contribution >= 0.6 is 0 Å². The summed E-state index contributed by atoms with van der Waals surface area (Å²) in [5.41, 5.74) is 0. The van der Waals surface area contributed by atoms with E-state index >= 15 is 0 Å². The van der Waals surface area contributed by atoms with Gasteiger partial charge in [0.2, 0.25) is 0 Å². The molecular weight excluding hydrogens is 354 g/mol. The van der Waals surface area contributed by atoms with Crippen molar-refractivity contribution < 1.29 is 38.8 Å². The van der Waals surface area contributed by atoms with E-state index in [1.807, 2.05) is 55.9 Å². The summed E-state index contributed by atoms with van der Waals surface area (Å²) in [6, 6.07) is 0. The standard InChI is InChI=1S/C17H44N5O5/c1-11-16-19(6)25-21(8,14-4)27-22(9,15-5)26-20(7,13-3)24-17(23-10)18-12-2/h17-18H,11-16H2,1-10H3/q+3. The van der Waals surface area contributed by atoms with Crippen molar-refractivity contribution in [1.82, 2.24) is 10.4 Å². The van der Waals surface area contributed by atoms with Gasteiger partial charge in [0.15, 0.2) is 6.54 Å². The maximum absolute atomic E-state index is 6.25. The third-order valence-electron chi connectivity index (χ3n) is 4.17. The van der Waals surface area contributed by atoms with Crippen LogP contribution in [0.25, 0.3) is 0 Å². The first kappa shape index (κ1) is 26.6. The quantitative estimate of drug-likeness (QED) is 0.241. The van der Waals surface area contributed by atoms with Crippen LogP contribution in [0.15, 0.2) is 0 Å². The summed E-state index contributed by atoms with van der Waals surface area (Å²) in [7, 11) is 8.99. The van der Waals surface area contributed by atoms with Crippen LogP contribution in [-0.4, -0.2) is 93.9 Å². The van der Waals surface area contributed by atoms with E-state index in [-0.39, 0.29) is 14.4 Å². The van der Waals surface area contributed by atoms with Gasteiger partial charge in [0.05, 0.1) is 14.7 Å². The molecule has 4 unspecified atom stereocenters. The fourth-order valence-corrected chi connectivity index (χ4v) is 2.33. The maximum atomic E-state index is 6.25. The van der Waals surface area contributed by atoms with Gasteiger partial charge < -0.3 is 4.74 Å². The molecule has 0 aliphatic carbocycles. The van der Waals surface area contributed by atoms with Crippen LogP contribution in [0.1, 0.15) is 41.0 Å². The lowest BCUT2D eigenvalue weighted by Crippen LogP contribution is -2.64. The maximum Gasteiger partial charge on any atom is 0.276 e. The van der Waals surface area contributed by atoms with Gasteiger partial charge in [0.25, 0.3) is 6.41 Å². The molecule has 0 spiro atoms. The van der Waals surface area contributed by atoms with Crippen LogP contribution in [0.4, 0.5) is 0 Å². The summed E-state index contributed by atoms with van der Waals surface area (Å²) in [6.45, 7) is 13.2. The Hall–Kier alpha value is -0.400. The number of nitrogens with one attached hydrogen (secondary N) is 1. The van der Waals surface area contributed by atoms with Gasteiger partial charge in [-0.25, -0.2) is 0 Å². The third-order valence-corrected chi connectivity index (χ3v) is 4.17. The van der Waals surface area contributed by atoms with Gasteiger partial charge >= 0.3 is 0 Å². The minimum atomic E-state index is -0.593. The Morgan fingerprint density at radius 1 is 0.852 bits per heavy atom. The smallest absolute Gasteiger partial charge is 0.276 e. The van der Waals surface area contributed by atoms with Crippen LogP contribution in [0.3, 0.4) is 0 Å². The molecule has 0 bridgehead atoms. The van der Waals surface area contributed by atoms with Crippen LogP contribution in [0.2, 0.25) is 0 Å². The topological polar surface area (TPSA) is 61.4 Å². The van der Waals surface area contributed by atoms with E-state index in [1.54, 1.807) is 12.2 Å². The molecule has 0 aliphatic rings. The van der Waals surface area contributed by atoms with Crippen LogP contribution in [-0.2, 0) is 24.4 Å². The number of methoxy groups -OCH3 is 1. The molecule has 4 atom stereocenters. The summed E-state index contributed by atoms with van der Waals surface area (Å²) in [5.74, 6) is 0. The minimum absolute atomic E-state index is 0.0918. The van der Waals surface area contributed by atoms with E-state index in [4.69, 9.17) is 24.4 Å². The second kappa shape index (κ2) is 12.2. The molecule has 0 rings (SSSR count). The molecule has 0 aliphatic heterocycles. The Labute approximate surface area is 165 Å². The molecule has 0 aromatic carbocycles. The van der Waals surface area contributed by atoms with E-state index in [9.17, 15) is 0 Å². The van der Waals surface area contributed by atoms with Crippen molar-refractivity contribution in [2.45, 2.75) is 47.5 Å². The van der Waals surface area contributed by atoms with Crippen molar-refractivity contribution >= 4 is 0 Å². The molecule has 0 saturated carbocycles. The molecule has 0 aromatic rings. The molecule has 0 amide bonds. The third kappa shape index (κ3) is 9.57. The number of nitrogens with zero attached hydrogens (tertiary/aromatic N) is 4. The van der Waals surface area contributed by atoms with Gasteiger partial charge in [-0.2, -0.15) is 0 Å². The van der Waals surface area contributed by atoms with Crippen molar-refractivity contribution in [2.75, 3.05) is 68.0 Å². The van der Waals surface area contributed by atoms with Crippen molar-refractivity contribution in [3.05, 3.63) is 0 Å². The van der Waals surface area contributed by atoms with Crippen LogP contribution in [0.5, 0.6) is 0 Å². The zero-order valence-corrected chi connectivity index (χ0v) is 19.2. The van der Waals surface area contributed by atoms with E-state index < -0.39 is 6.41 Å². The normalized spacial score (nSPS) is 20.1. The first-order valence-corrected chi connectivity index (χ1v) is 9.89. The Bertz CT molecular complexity index is 408. The van der Waals surface area contributed by atoms with Crippen LogP contribution < -0.4 is 5.32 Å². The van der Waals surface area contributed by atoms with Crippen molar-refractivity contribution in [1.29, 1.82) is 0 Å². The van der Waals surface area contributed by atoms with Gasteiger partial charge in [0.1, 0.15) is 34.2 Å². The lowest BCUT2D eigenvalue weighted by atomic mass is 10.5. The fraction of sp³-hybridized carbons (Fsp3) is 1.00. The molecule has 1 N–H and O–H groups in total. The molecule has 0 aromatic heterocycles. The van der Waals surface area contributed by atoms with E-state index in [1.165, 1.54) is 0 Å².